The number of methoxy groups -OCH3 is 1. The van der Waals surface area contributed by atoms with E-state index in [2.05, 4.69) is 10.4 Å². The number of nitrogens with one attached hydrogen (secondary N) is 1. The fraction of sp³-hybridized carbons (Fsp3) is 0.643. The zero-order chi connectivity index (χ0) is 15.8. The predicted octanol–water partition coefficient (Wildman–Crippen LogP) is 0.0265. The normalized spacial score (nSPS) is 12.4. The molecule has 1 atom stereocenters. The summed E-state index contributed by atoms with van der Waals surface area (Å²) in [6.07, 6.45) is 0.0227. The number of rotatable bonds is 8. The van der Waals surface area contributed by atoms with Gasteiger partial charge in [-0.1, -0.05) is 13.8 Å². The van der Waals surface area contributed by atoms with E-state index in [1.165, 1.54) is 23.9 Å². The van der Waals surface area contributed by atoms with Gasteiger partial charge in [-0.15, -0.1) is 0 Å². The number of aromatic nitrogens is 2. The summed E-state index contributed by atoms with van der Waals surface area (Å²) < 4.78 is 6.07. The third kappa shape index (κ3) is 6.05. The first-order valence-corrected chi connectivity index (χ1v) is 6.97. The molecule has 118 valence electrons. The average molecular weight is 297 g/mol. The third-order valence-corrected chi connectivity index (χ3v) is 2.85. The van der Waals surface area contributed by atoms with Gasteiger partial charge in [0.2, 0.25) is 0 Å². The Balaban J connectivity index is 2.63. The van der Waals surface area contributed by atoms with Crippen LogP contribution in [0, 0.1) is 5.92 Å². The van der Waals surface area contributed by atoms with Gasteiger partial charge in [-0.05, 0) is 18.4 Å². The molecule has 0 aliphatic rings. The van der Waals surface area contributed by atoms with Crippen molar-refractivity contribution in [3.8, 4) is 0 Å². The quantitative estimate of drug-likeness (QED) is 0.706. The molecule has 1 rings (SSSR count). The van der Waals surface area contributed by atoms with Crippen LogP contribution in [0.2, 0.25) is 0 Å². The number of carbonyl (C=O) groups excluding carboxylic acids is 1. The molecule has 0 saturated carbocycles. The third-order valence-electron chi connectivity index (χ3n) is 2.85. The van der Waals surface area contributed by atoms with Gasteiger partial charge in [0.15, 0.2) is 0 Å². The summed E-state index contributed by atoms with van der Waals surface area (Å²) >= 11 is 0. The van der Waals surface area contributed by atoms with Crippen LogP contribution in [0.1, 0.15) is 30.8 Å². The Morgan fingerprint density at radius 1 is 1.48 bits per heavy atom. The van der Waals surface area contributed by atoms with Crippen molar-refractivity contribution in [3.63, 3.8) is 0 Å². The van der Waals surface area contributed by atoms with E-state index in [9.17, 15) is 14.7 Å². The van der Waals surface area contributed by atoms with Crippen molar-refractivity contribution in [1.29, 1.82) is 0 Å². The number of hydrogen-bond donors (Lipinski definition) is 2. The van der Waals surface area contributed by atoms with E-state index in [0.717, 1.165) is 0 Å². The molecule has 1 amide bonds. The zero-order valence-electron chi connectivity index (χ0n) is 12.7. The number of amides is 1. The molecule has 1 heterocycles. The maximum Gasteiger partial charge on any atom is 0.271 e. The highest BCUT2D eigenvalue weighted by Crippen LogP contribution is 2.03. The zero-order valence-corrected chi connectivity index (χ0v) is 12.7. The van der Waals surface area contributed by atoms with Crippen molar-refractivity contribution in [1.82, 2.24) is 15.1 Å². The molecule has 0 bridgehead atoms. The molecule has 0 aliphatic carbocycles. The van der Waals surface area contributed by atoms with Crippen LogP contribution in [0.4, 0.5) is 0 Å². The minimum absolute atomic E-state index is 0.141. The summed E-state index contributed by atoms with van der Waals surface area (Å²) in [7, 11) is 1.53. The number of hydrogen-bond acceptors (Lipinski definition) is 5. The number of nitrogens with zero attached hydrogens (tertiary/aromatic N) is 2. The molecule has 21 heavy (non-hydrogen) atoms. The Kier molecular flexibility index (Phi) is 7.04. The first-order chi connectivity index (χ1) is 9.93. The molecule has 0 saturated heterocycles. The molecule has 0 radical (unpaired) electrons. The summed E-state index contributed by atoms with van der Waals surface area (Å²) in [6.45, 7) is 4.78. The highest BCUT2D eigenvalue weighted by atomic mass is 16.5. The maximum atomic E-state index is 11.9. The lowest BCUT2D eigenvalue weighted by Crippen LogP contribution is -2.35. The highest BCUT2D eigenvalue weighted by Gasteiger charge is 2.12. The van der Waals surface area contributed by atoms with E-state index in [-0.39, 0.29) is 24.3 Å². The molecule has 2 N–H and O–H groups in total. The second kappa shape index (κ2) is 8.53. The van der Waals surface area contributed by atoms with Crippen LogP contribution >= 0.6 is 0 Å². The molecule has 1 aromatic heterocycles. The largest absolute Gasteiger partial charge is 0.391 e. The van der Waals surface area contributed by atoms with E-state index in [1.54, 1.807) is 0 Å². The van der Waals surface area contributed by atoms with Crippen molar-refractivity contribution >= 4 is 5.91 Å². The summed E-state index contributed by atoms with van der Waals surface area (Å²) in [6, 6.07) is 2.66. The molecule has 1 unspecified atom stereocenters. The summed E-state index contributed by atoms with van der Waals surface area (Å²) in [5.41, 5.74) is -0.147. The fourth-order valence-electron chi connectivity index (χ4n) is 1.84. The van der Waals surface area contributed by atoms with Gasteiger partial charge in [0.1, 0.15) is 5.69 Å². The van der Waals surface area contributed by atoms with Gasteiger partial charge in [-0.3, -0.25) is 9.59 Å². The first-order valence-electron chi connectivity index (χ1n) is 6.97. The number of aliphatic hydroxyl groups is 1. The molecule has 7 nitrogen and oxygen atoms in total. The van der Waals surface area contributed by atoms with Crippen molar-refractivity contribution in [2.24, 2.45) is 5.92 Å². The van der Waals surface area contributed by atoms with Crippen LogP contribution < -0.4 is 10.9 Å². The fourth-order valence-corrected chi connectivity index (χ4v) is 1.84. The Bertz CT molecular complexity index is 513. The molecule has 0 aliphatic heterocycles. The van der Waals surface area contributed by atoms with E-state index >= 15 is 0 Å². The Morgan fingerprint density at radius 3 is 2.81 bits per heavy atom. The average Bonchev–Trinajstić information content (AvgIpc) is 2.43. The van der Waals surface area contributed by atoms with Gasteiger partial charge in [-0.2, -0.15) is 5.10 Å². The lowest BCUT2D eigenvalue weighted by atomic mass is 10.1. The standard InChI is InChI=1S/C14H23N3O4/c1-10(2)8-11(18)9-15-14(20)12-4-5-13(19)17(16-12)6-7-21-3/h4-5,10-11,18H,6-9H2,1-3H3,(H,15,20). The maximum absolute atomic E-state index is 11.9. The second-order valence-corrected chi connectivity index (χ2v) is 5.27. The molecular weight excluding hydrogens is 274 g/mol. The van der Waals surface area contributed by atoms with Crippen LogP contribution in [0.25, 0.3) is 0 Å². The van der Waals surface area contributed by atoms with Crippen LogP contribution in [-0.2, 0) is 11.3 Å². The van der Waals surface area contributed by atoms with E-state index in [0.29, 0.717) is 18.9 Å². The van der Waals surface area contributed by atoms with E-state index < -0.39 is 12.0 Å². The minimum atomic E-state index is -0.589. The van der Waals surface area contributed by atoms with Crippen LogP contribution in [-0.4, -0.2) is 47.2 Å². The van der Waals surface area contributed by atoms with E-state index in [1.807, 2.05) is 13.8 Å². The van der Waals surface area contributed by atoms with Crippen molar-refractivity contribution in [2.45, 2.75) is 32.9 Å². The van der Waals surface area contributed by atoms with Gasteiger partial charge in [0.25, 0.3) is 11.5 Å². The smallest absolute Gasteiger partial charge is 0.271 e. The number of ether oxygens (including phenoxy) is 1. The summed E-state index contributed by atoms with van der Waals surface area (Å²) in [5, 5.41) is 16.3. The first kappa shape index (κ1) is 17.3. The number of aliphatic hydroxyl groups excluding tert-OH is 1. The van der Waals surface area contributed by atoms with Gasteiger partial charge < -0.3 is 15.2 Å². The molecule has 7 heteroatoms. The number of carbonyl (C=O) groups is 1. The van der Waals surface area contributed by atoms with Gasteiger partial charge in [0, 0.05) is 19.7 Å². The van der Waals surface area contributed by atoms with E-state index in [4.69, 9.17) is 4.74 Å². The van der Waals surface area contributed by atoms with Crippen LogP contribution in [0.15, 0.2) is 16.9 Å². The monoisotopic (exact) mass is 297 g/mol. The molecule has 0 spiro atoms. The van der Waals surface area contributed by atoms with Gasteiger partial charge in [0.05, 0.1) is 19.3 Å². The topological polar surface area (TPSA) is 93.5 Å². The Labute approximate surface area is 123 Å². The van der Waals surface area contributed by atoms with Crippen molar-refractivity contribution < 1.29 is 14.6 Å². The van der Waals surface area contributed by atoms with Crippen molar-refractivity contribution in [3.05, 3.63) is 28.2 Å². The lowest BCUT2D eigenvalue weighted by Gasteiger charge is -2.13. The second-order valence-electron chi connectivity index (χ2n) is 5.27. The molecule has 0 aromatic carbocycles. The predicted molar refractivity (Wildman–Crippen MR) is 78.2 cm³/mol. The Hall–Kier alpha value is -1.73. The molecule has 0 fully saturated rings. The highest BCUT2D eigenvalue weighted by molar-refractivity contribution is 5.91. The van der Waals surface area contributed by atoms with Crippen molar-refractivity contribution in [2.75, 3.05) is 20.3 Å². The molecular formula is C14H23N3O4. The van der Waals surface area contributed by atoms with Crippen LogP contribution in [0.3, 0.4) is 0 Å². The Morgan fingerprint density at radius 2 is 2.19 bits per heavy atom. The van der Waals surface area contributed by atoms with Gasteiger partial charge >= 0.3 is 0 Å². The molecule has 1 aromatic rings. The summed E-state index contributed by atoms with van der Waals surface area (Å²) in [4.78, 5) is 23.5. The minimum Gasteiger partial charge on any atom is -0.391 e. The lowest BCUT2D eigenvalue weighted by molar-refractivity contribution is 0.0892. The SMILES string of the molecule is COCCn1nc(C(=O)NCC(O)CC(C)C)ccc1=O. The van der Waals surface area contributed by atoms with Crippen LogP contribution in [0.5, 0.6) is 0 Å². The van der Waals surface area contributed by atoms with Gasteiger partial charge in [-0.25, -0.2) is 4.68 Å². The summed E-state index contributed by atoms with van der Waals surface area (Å²) in [5.74, 6) is -0.0602.